The Labute approximate surface area is 104 Å². The van der Waals surface area contributed by atoms with Crippen molar-refractivity contribution in [2.24, 2.45) is 0 Å². The molecule has 0 spiro atoms. The van der Waals surface area contributed by atoms with E-state index < -0.39 is 12.0 Å². The van der Waals surface area contributed by atoms with Crippen molar-refractivity contribution in [2.45, 2.75) is 19.5 Å². The Morgan fingerprint density at radius 3 is 2.78 bits per heavy atom. The zero-order chi connectivity index (χ0) is 13.1. The van der Waals surface area contributed by atoms with E-state index in [1.165, 1.54) is 6.92 Å². The van der Waals surface area contributed by atoms with E-state index in [0.717, 1.165) is 10.9 Å². The number of carbonyl (C=O) groups is 2. The van der Waals surface area contributed by atoms with Gasteiger partial charge in [-0.05, 0) is 24.4 Å². The first-order valence-electron chi connectivity index (χ1n) is 5.64. The summed E-state index contributed by atoms with van der Waals surface area (Å²) in [5.74, 6) is -1.35. The molecule has 2 rings (SSSR count). The van der Waals surface area contributed by atoms with Gasteiger partial charge in [-0.2, -0.15) is 0 Å². The SMILES string of the molecule is C[C@@H](NC(=O)Cn1ccc2ccccc21)C(=O)O. The summed E-state index contributed by atoms with van der Waals surface area (Å²) < 4.78 is 1.79. The first-order chi connectivity index (χ1) is 8.58. The molecule has 0 aliphatic rings. The predicted octanol–water partition coefficient (Wildman–Crippen LogP) is 1.23. The Bertz CT molecular complexity index is 589. The summed E-state index contributed by atoms with van der Waals surface area (Å²) in [6.45, 7) is 1.55. The molecule has 0 aliphatic carbocycles. The average molecular weight is 246 g/mol. The van der Waals surface area contributed by atoms with Gasteiger partial charge in [-0.15, -0.1) is 0 Å². The highest BCUT2D eigenvalue weighted by Crippen LogP contribution is 2.14. The summed E-state index contributed by atoms with van der Waals surface area (Å²) >= 11 is 0. The van der Waals surface area contributed by atoms with Crippen LogP contribution in [0.15, 0.2) is 36.5 Å². The Hall–Kier alpha value is -2.30. The number of benzene rings is 1. The lowest BCUT2D eigenvalue weighted by Crippen LogP contribution is -2.39. The highest BCUT2D eigenvalue weighted by atomic mass is 16.4. The van der Waals surface area contributed by atoms with Crippen LogP contribution < -0.4 is 5.32 Å². The zero-order valence-corrected chi connectivity index (χ0v) is 9.96. The van der Waals surface area contributed by atoms with Crippen LogP contribution in [0.4, 0.5) is 0 Å². The molecule has 5 nitrogen and oxygen atoms in total. The third kappa shape index (κ3) is 2.51. The standard InChI is InChI=1S/C13H14N2O3/c1-9(13(17)18)14-12(16)8-15-7-6-10-4-2-3-5-11(10)15/h2-7,9H,8H2,1H3,(H,14,16)(H,17,18)/t9-/m1/s1. The number of amides is 1. The number of carbonyl (C=O) groups excluding carboxylic acids is 1. The molecule has 0 saturated carbocycles. The van der Waals surface area contributed by atoms with Gasteiger partial charge in [0.1, 0.15) is 12.6 Å². The van der Waals surface area contributed by atoms with Gasteiger partial charge in [0, 0.05) is 11.7 Å². The zero-order valence-electron chi connectivity index (χ0n) is 9.96. The van der Waals surface area contributed by atoms with E-state index in [9.17, 15) is 9.59 Å². The second-order valence-electron chi connectivity index (χ2n) is 4.13. The summed E-state index contributed by atoms with van der Waals surface area (Å²) in [5.41, 5.74) is 0.954. The van der Waals surface area contributed by atoms with Crippen LogP contribution in [0.3, 0.4) is 0 Å². The summed E-state index contributed by atoms with van der Waals surface area (Å²) in [6, 6.07) is 8.76. The molecule has 1 aromatic carbocycles. The molecule has 0 unspecified atom stereocenters. The highest BCUT2D eigenvalue weighted by molar-refractivity contribution is 5.85. The van der Waals surface area contributed by atoms with Gasteiger partial charge in [-0.3, -0.25) is 9.59 Å². The minimum Gasteiger partial charge on any atom is -0.480 e. The third-order valence-corrected chi connectivity index (χ3v) is 2.74. The molecule has 0 fully saturated rings. The van der Waals surface area contributed by atoms with Gasteiger partial charge in [0.2, 0.25) is 5.91 Å². The van der Waals surface area contributed by atoms with E-state index in [4.69, 9.17) is 5.11 Å². The number of carboxylic acid groups (broad SMARTS) is 1. The van der Waals surface area contributed by atoms with Crippen molar-refractivity contribution >= 4 is 22.8 Å². The van der Waals surface area contributed by atoms with Crippen LogP contribution in [0.1, 0.15) is 6.92 Å². The molecule has 18 heavy (non-hydrogen) atoms. The topological polar surface area (TPSA) is 71.3 Å². The Morgan fingerprint density at radius 1 is 1.33 bits per heavy atom. The number of nitrogens with zero attached hydrogens (tertiary/aromatic N) is 1. The summed E-state index contributed by atoms with van der Waals surface area (Å²) in [4.78, 5) is 22.3. The predicted molar refractivity (Wildman–Crippen MR) is 67.2 cm³/mol. The fourth-order valence-electron chi connectivity index (χ4n) is 1.78. The Balaban J connectivity index is 2.10. The largest absolute Gasteiger partial charge is 0.480 e. The quantitative estimate of drug-likeness (QED) is 0.852. The molecular formula is C13H14N2O3. The van der Waals surface area contributed by atoms with E-state index in [-0.39, 0.29) is 12.5 Å². The number of rotatable bonds is 4. The fourth-order valence-corrected chi connectivity index (χ4v) is 1.78. The van der Waals surface area contributed by atoms with Crippen LogP contribution >= 0.6 is 0 Å². The van der Waals surface area contributed by atoms with Crippen molar-refractivity contribution in [3.8, 4) is 0 Å². The Kier molecular flexibility index (Phi) is 3.32. The van der Waals surface area contributed by atoms with Gasteiger partial charge in [0.15, 0.2) is 0 Å². The lowest BCUT2D eigenvalue weighted by atomic mass is 10.2. The maximum Gasteiger partial charge on any atom is 0.325 e. The van der Waals surface area contributed by atoms with Crippen LogP contribution in [-0.2, 0) is 16.1 Å². The molecule has 2 aromatic rings. The first kappa shape index (κ1) is 12.2. The van der Waals surface area contributed by atoms with Gasteiger partial charge >= 0.3 is 5.97 Å². The smallest absolute Gasteiger partial charge is 0.325 e. The van der Waals surface area contributed by atoms with Crippen molar-refractivity contribution in [1.82, 2.24) is 9.88 Å². The highest BCUT2D eigenvalue weighted by Gasteiger charge is 2.14. The molecule has 5 heteroatoms. The van der Waals surface area contributed by atoms with Gasteiger partial charge in [-0.25, -0.2) is 0 Å². The number of aliphatic carboxylic acids is 1. The van der Waals surface area contributed by atoms with Gasteiger partial charge in [0.25, 0.3) is 0 Å². The van der Waals surface area contributed by atoms with E-state index in [1.54, 1.807) is 4.57 Å². The van der Waals surface area contributed by atoms with E-state index >= 15 is 0 Å². The third-order valence-electron chi connectivity index (χ3n) is 2.74. The molecule has 2 N–H and O–H groups in total. The molecule has 0 bridgehead atoms. The minimum absolute atomic E-state index is 0.116. The fraction of sp³-hybridized carbons (Fsp3) is 0.231. The van der Waals surface area contributed by atoms with Gasteiger partial charge in [0.05, 0.1) is 0 Å². The number of hydrogen-bond acceptors (Lipinski definition) is 2. The summed E-state index contributed by atoms with van der Waals surface area (Å²) in [5, 5.41) is 12.2. The molecule has 1 aromatic heterocycles. The normalized spacial score (nSPS) is 12.3. The van der Waals surface area contributed by atoms with E-state index in [0.29, 0.717) is 0 Å². The number of aromatic nitrogens is 1. The van der Waals surface area contributed by atoms with Crippen molar-refractivity contribution < 1.29 is 14.7 Å². The van der Waals surface area contributed by atoms with Crippen LogP contribution in [0, 0.1) is 0 Å². The molecule has 0 aliphatic heterocycles. The first-order valence-corrected chi connectivity index (χ1v) is 5.64. The van der Waals surface area contributed by atoms with E-state index in [2.05, 4.69) is 5.32 Å². The second kappa shape index (κ2) is 4.91. The van der Waals surface area contributed by atoms with Gasteiger partial charge < -0.3 is 15.0 Å². The maximum atomic E-state index is 11.7. The number of nitrogens with one attached hydrogen (secondary N) is 1. The van der Waals surface area contributed by atoms with Crippen molar-refractivity contribution in [2.75, 3.05) is 0 Å². The molecule has 94 valence electrons. The van der Waals surface area contributed by atoms with Crippen molar-refractivity contribution in [1.29, 1.82) is 0 Å². The average Bonchev–Trinajstić information content (AvgIpc) is 2.72. The number of hydrogen-bond donors (Lipinski definition) is 2. The van der Waals surface area contributed by atoms with Crippen molar-refractivity contribution in [3.63, 3.8) is 0 Å². The monoisotopic (exact) mass is 246 g/mol. The number of carboxylic acids is 1. The molecule has 1 amide bonds. The molecule has 1 atom stereocenters. The molecule has 0 radical (unpaired) electrons. The maximum absolute atomic E-state index is 11.7. The Morgan fingerprint density at radius 2 is 2.06 bits per heavy atom. The van der Waals surface area contributed by atoms with E-state index in [1.807, 2.05) is 36.5 Å². The van der Waals surface area contributed by atoms with Crippen LogP contribution in [0.2, 0.25) is 0 Å². The lowest BCUT2D eigenvalue weighted by molar-refractivity contribution is -0.141. The van der Waals surface area contributed by atoms with Crippen LogP contribution in [0.25, 0.3) is 10.9 Å². The minimum atomic E-state index is -1.04. The summed E-state index contributed by atoms with van der Waals surface area (Å²) in [7, 11) is 0. The van der Waals surface area contributed by atoms with Crippen LogP contribution in [-0.4, -0.2) is 27.6 Å². The summed E-state index contributed by atoms with van der Waals surface area (Å²) in [6.07, 6.45) is 1.82. The molecule has 0 saturated heterocycles. The number of fused-ring (bicyclic) bond motifs is 1. The lowest BCUT2D eigenvalue weighted by Gasteiger charge is -2.10. The van der Waals surface area contributed by atoms with Crippen LogP contribution in [0.5, 0.6) is 0 Å². The number of para-hydroxylation sites is 1. The van der Waals surface area contributed by atoms with Crippen molar-refractivity contribution in [3.05, 3.63) is 36.5 Å². The van der Waals surface area contributed by atoms with Gasteiger partial charge in [-0.1, -0.05) is 18.2 Å². The second-order valence-corrected chi connectivity index (χ2v) is 4.13. The molecular weight excluding hydrogens is 232 g/mol. The molecule has 1 heterocycles.